The molecule has 3 rings (SSSR count). The number of carbonyl (C=O) groups excluding carboxylic acids is 6. The fourth-order valence-electron chi connectivity index (χ4n) is 5.81. The minimum absolute atomic E-state index is 0.0230. The Labute approximate surface area is 310 Å². The molecule has 0 radical (unpaired) electrons. The Kier molecular flexibility index (Phi) is 16.8. The van der Waals surface area contributed by atoms with E-state index >= 15 is 0 Å². The first-order chi connectivity index (χ1) is 24.7. The second kappa shape index (κ2) is 20.7. The summed E-state index contributed by atoms with van der Waals surface area (Å²) >= 11 is 1.52. The Morgan fingerprint density at radius 1 is 0.981 bits per heavy atom. The van der Waals surface area contributed by atoms with Gasteiger partial charge in [-0.2, -0.15) is 0 Å². The molecule has 5 amide bonds. The van der Waals surface area contributed by atoms with Gasteiger partial charge in [0.25, 0.3) is 0 Å². The number of carbonyl (C=O) groups is 6. The molecule has 0 aliphatic carbocycles. The Bertz CT molecular complexity index is 1530. The summed E-state index contributed by atoms with van der Waals surface area (Å²) in [5.74, 6) is -1.02. The average Bonchev–Trinajstić information content (AvgIpc) is 3.65. The van der Waals surface area contributed by atoms with E-state index in [-0.39, 0.29) is 84.2 Å². The van der Waals surface area contributed by atoms with Crippen molar-refractivity contribution < 1.29 is 33.5 Å². The highest BCUT2D eigenvalue weighted by Crippen LogP contribution is 2.29. The minimum Gasteiger partial charge on any atom is -0.461 e. The van der Waals surface area contributed by atoms with Crippen LogP contribution in [-0.2, 0) is 41.7 Å². The molecule has 0 bridgehead atoms. The van der Waals surface area contributed by atoms with Gasteiger partial charge in [-0.15, -0.1) is 16.9 Å². The molecular formula is C37H55N7O7S. The number of esters is 1. The smallest absolute Gasteiger partial charge is 0.312 e. The summed E-state index contributed by atoms with van der Waals surface area (Å²) in [5, 5.41) is 14.2. The number of thioether (sulfide) groups is 1. The van der Waals surface area contributed by atoms with Gasteiger partial charge in [0.15, 0.2) is 5.78 Å². The lowest BCUT2D eigenvalue weighted by atomic mass is 9.98. The molecule has 1 aromatic heterocycles. The molecule has 3 atom stereocenters. The maximum absolute atomic E-state index is 13.7. The molecule has 1 fully saturated rings. The number of nitrogens with zero attached hydrogens (tertiary/aromatic N) is 4. The van der Waals surface area contributed by atoms with Crippen molar-refractivity contribution in [2.45, 2.75) is 122 Å². The molecule has 14 nitrogen and oxygen atoms in total. The van der Waals surface area contributed by atoms with Crippen molar-refractivity contribution in [1.29, 1.82) is 0 Å². The van der Waals surface area contributed by atoms with E-state index in [1.54, 1.807) is 20.0 Å². The van der Waals surface area contributed by atoms with E-state index in [2.05, 4.69) is 20.9 Å². The van der Waals surface area contributed by atoms with Crippen LogP contribution < -0.4 is 16.4 Å². The number of Topliss-reactive ketones (excluding diaryl/α,β-unsaturated/α-hetero) is 1. The minimum atomic E-state index is -0.681. The number of unbranched alkanes of at least 4 members (excludes halogenated alkanes) is 2. The van der Waals surface area contributed by atoms with Gasteiger partial charge in [0.2, 0.25) is 17.7 Å². The third-order valence-electron chi connectivity index (χ3n) is 8.65. The maximum atomic E-state index is 13.7. The van der Waals surface area contributed by atoms with Gasteiger partial charge in [-0.05, 0) is 48.0 Å². The maximum Gasteiger partial charge on any atom is 0.312 e. The number of ketones is 1. The van der Waals surface area contributed by atoms with Crippen molar-refractivity contribution in [2.75, 3.05) is 13.1 Å². The Morgan fingerprint density at radius 3 is 2.31 bits per heavy atom. The largest absolute Gasteiger partial charge is 0.461 e. The number of primary amides is 1. The molecule has 2 heterocycles. The summed E-state index contributed by atoms with van der Waals surface area (Å²) in [7, 11) is 0. The molecule has 4 N–H and O–H groups in total. The van der Waals surface area contributed by atoms with E-state index in [9.17, 15) is 28.8 Å². The molecule has 0 spiro atoms. The summed E-state index contributed by atoms with van der Waals surface area (Å²) < 4.78 is 6.82. The zero-order valence-electron chi connectivity index (χ0n) is 31.3. The van der Waals surface area contributed by atoms with E-state index in [4.69, 9.17) is 10.5 Å². The second-order valence-corrected chi connectivity index (χ2v) is 15.9. The number of rotatable bonds is 22. The van der Waals surface area contributed by atoms with Crippen LogP contribution >= 0.6 is 11.8 Å². The number of likely N-dealkylation sites (tertiary alicyclic amines) is 1. The van der Waals surface area contributed by atoms with Crippen LogP contribution in [0.5, 0.6) is 0 Å². The van der Waals surface area contributed by atoms with E-state index in [1.165, 1.54) is 21.3 Å². The van der Waals surface area contributed by atoms with E-state index in [0.717, 1.165) is 11.1 Å². The molecule has 286 valence electrons. The van der Waals surface area contributed by atoms with E-state index in [0.29, 0.717) is 44.3 Å². The third-order valence-corrected chi connectivity index (χ3v) is 9.89. The average molecular weight is 742 g/mol. The van der Waals surface area contributed by atoms with Gasteiger partial charge >= 0.3 is 12.0 Å². The third kappa shape index (κ3) is 13.4. The lowest BCUT2D eigenvalue weighted by Gasteiger charge is -2.20. The number of urea groups is 1. The summed E-state index contributed by atoms with van der Waals surface area (Å²) in [6.45, 7) is 12.3. The van der Waals surface area contributed by atoms with Crippen LogP contribution in [0.3, 0.4) is 0 Å². The molecule has 1 aromatic carbocycles. The first kappa shape index (κ1) is 42.1. The molecule has 15 heteroatoms. The zero-order chi connectivity index (χ0) is 38.4. The van der Waals surface area contributed by atoms with Crippen molar-refractivity contribution in [2.24, 2.45) is 17.6 Å². The van der Waals surface area contributed by atoms with Crippen LogP contribution in [0.4, 0.5) is 4.79 Å². The molecule has 52 heavy (non-hydrogen) atoms. The van der Waals surface area contributed by atoms with Crippen LogP contribution in [0.15, 0.2) is 30.5 Å². The highest BCUT2D eigenvalue weighted by atomic mass is 32.2. The Hall–Kier alpha value is -4.27. The first-order valence-electron chi connectivity index (χ1n) is 18.2. The van der Waals surface area contributed by atoms with Crippen molar-refractivity contribution in [3.63, 3.8) is 0 Å². The summed E-state index contributed by atoms with van der Waals surface area (Å²) in [6.07, 6.45) is 5.10. The van der Waals surface area contributed by atoms with Crippen LogP contribution in [-0.4, -0.2) is 79.0 Å². The SMILES string of the molecule is CC(C)SC1CC(=O)N(CCCCCC(=O)N[C@H](c2cn([C@@H](CCCNC(N)=O)C(=O)Cc3ccc(COC(=O)C(C)C)cc3)nn2)C(C)C)C1=O. The fourth-order valence-corrected chi connectivity index (χ4v) is 6.95. The fraction of sp³-hybridized carbons (Fsp3) is 0.622. The zero-order valence-corrected chi connectivity index (χ0v) is 32.1. The number of hydrogen-bond acceptors (Lipinski definition) is 10. The first-order valence-corrected chi connectivity index (χ1v) is 19.1. The molecule has 0 saturated carbocycles. The van der Waals surface area contributed by atoms with Gasteiger partial charge in [-0.1, -0.05) is 77.4 Å². The second-order valence-electron chi connectivity index (χ2n) is 14.2. The Balaban J connectivity index is 1.58. The van der Waals surface area contributed by atoms with Gasteiger partial charge in [-0.3, -0.25) is 28.9 Å². The lowest BCUT2D eigenvalue weighted by Crippen LogP contribution is -2.33. The monoisotopic (exact) mass is 741 g/mol. The topological polar surface area (TPSA) is 196 Å². The van der Waals surface area contributed by atoms with Crippen molar-refractivity contribution in [1.82, 2.24) is 30.5 Å². The van der Waals surface area contributed by atoms with Crippen LogP contribution in [0.2, 0.25) is 0 Å². The molecule has 1 aliphatic rings. The van der Waals surface area contributed by atoms with E-state index < -0.39 is 18.1 Å². The van der Waals surface area contributed by atoms with Crippen molar-refractivity contribution in [3.05, 3.63) is 47.3 Å². The van der Waals surface area contributed by atoms with E-state index in [1.807, 2.05) is 52.0 Å². The number of ether oxygens (including phenoxy) is 1. The van der Waals surface area contributed by atoms with Crippen molar-refractivity contribution >= 4 is 47.3 Å². The quantitative estimate of drug-likeness (QED) is 0.0883. The Morgan fingerprint density at radius 2 is 1.67 bits per heavy atom. The number of amides is 5. The van der Waals surface area contributed by atoms with Gasteiger partial charge < -0.3 is 21.1 Å². The van der Waals surface area contributed by atoms with Crippen molar-refractivity contribution in [3.8, 4) is 0 Å². The number of nitrogens with two attached hydrogens (primary N) is 1. The van der Waals surface area contributed by atoms with Crippen LogP contribution in [0.1, 0.15) is 115 Å². The number of hydrogen-bond donors (Lipinski definition) is 3. The van der Waals surface area contributed by atoms with Gasteiger partial charge in [-0.25, -0.2) is 9.48 Å². The van der Waals surface area contributed by atoms with Gasteiger partial charge in [0, 0.05) is 32.4 Å². The number of imide groups is 1. The molecule has 1 saturated heterocycles. The molecular weight excluding hydrogens is 687 g/mol. The van der Waals surface area contributed by atoms with Crippen LogP contribution in [0, 0.1) is 11.8 Å². The number of benzene rings is 1. The van der Waals surface area contributed by atoms with Gasteiger partial charge in [0.1, 0.15) is 18.3 Å². The lowest BCUT2D eigenvalue weighted by molar-refractivity contribution is -0.148. The normalized spacial score (nSPS) is 15.7. The summed E-state index contributed by atoms with van der Waals surface area (Å²) in [5.41, 5.74) is 7.34. The highest BCUT2D eigenvalue weighted by molar-refractivity contribution is 8.01. The van der Waals surface area contributed by atoms with Crippen LogP contribution in [0.25, 0.3) is 0 Å². The summed E-state index contributed by atoms with van der Waals surface area (Å²) in [4.78, 5) is 76.0. The molecule has 1 aliphatic heterocycles. The summed E-state index contributed by atoms with van der Waals surface area (Å²) in [6, 6.07) is 5.53. The molecule has 1 unspecified atom stereocenters. The standard InChI is InChI=1S/C37H55N7O7S/c1-23(2)34(40-32(46)12-8-7-9-18-43-33(47)20-31(35(43)48)52-25(5)6)28-21-44(42-41-28)29(11-10-17-39-37(38)50)30(45)19-26-13-15-27(16-14-26)22-51-36(49)24(3)4/h13-16,21,23-25,29,31,34H,7-12,17-20,22H2,1-6H3,(H,40,46)(H3,38,39,50)/t29-,31?,34-/m0/s1. The highest BCUT2D eigenvalue weighted by Gasteiger charge is 2.38. The molecule has 2 aromatic rings. The number of nitrogens with one attached hydrogen (secondary N) is 2. The predicted molar refractivity (Wildman–Crippen MR) is 198 cm³/mol. The number of aromatic nitrogens is 3. The van der Waals surface area contributed by atoms with Gasteiger partial charge in [0.05, 0.1) is 23.4 Å². The predicted octanol–water partition coefficient (Wildman–Crippen LogP) is 4.42.